The van der Waals surface area contributed by atoms with Gasteiger partial charge in [-0.05, 0) is 6.07 Å². The Bertz CT molecular complexity index is 394. The molecule has 0 aromatic carbocycles. The highest BCUT2D eigenvalue weighted by atomic mass is 16.5. The van der Waals surface area contributed by atoms with Crippen LogP contribution in [0.5, 0.6) is 0 Å². The minimum absolute atomic E-state index is 0.661. The smallest absolute Gasteiger partial charge is 0.148 e. The molecule has 2 aromatic heterocycles. The number of aromatic nitrogens is 2. The van der Waals surface area contributed by atoms with E-state index >= 15 is 0 Å². The number of methoxy groups -OCH3 is 1. The number of hydrogen-bond donors (Lipinski definition) is 2. The standard InChI is InChI=1S/C10H13N3O2/c1-14-5-3-11-10-6-9(12-13-10)8-2-4-15-7-8/h2,4,6-7H,3,5H2,1H3,(H2,11,12,13). The summed E-state index contributed by atoms with van der Waals surface area (Å²) >= 11 is 0. The Balaban J connectivity index is 1.98. The summed E-state index contributed by atoms with van der Waals surface area (Å²) in [5.41, 5.74) is 1.92. The Hall–Kier alpha value is -1.75. The van der Waals surface area contributed by atoms with Crippen molar-refractivity contribution in [2.75, 3.05) is 25.6 Å². The van der Waals surface area contributed by atoms with Crippen LogP contribution in [0.3, 0.4) is 0 Å². The van der Waals surface area contributed by atoms with E-state index in [4.69, 9.17) is 9.15 Å². The van der Waals surface area contributed by atoms with Crippen LogP contribution in [0.2, 0.25) is 0 Å². The van der Waals surface area contributed by atoms with Crippen LogP contribution >= 0.6 is 0 Å². The predicted octanol–water partition coefficient (Wildman–Crippen LogP) is 1.73. The maximum atomic E-state index is 4.99. The minimum atomic E-state index is 0.661. The highest BCUT2D eigenvalue weighted by Crippen LogP contribution is 2.19. The summed E-state index contributed by atoms with van der Waals surface area (Å²) in [5, 5.41) is 10.2. The summed E-state index contributed by atoms with van der Waals surface area (Å²) < 4.78 is 9.92. The maximum absolute atomic E-state index is 4.99. The van der Waals surface area contributed by atoms with Crippen molar-refractivity contribution in [3.63, 3.8) is 0 Å². The van der Waals surface area contributed by atoms with E-state index in [0.29, 0.717) is 6.61 Å². The van der Waals surface area contributed by atoms with Crippen LogP contribution in [0.1, 0.15) is 0 Å². The van der Waals surface area contributed by atoms with Crippen molar-refractivity contribution in [3.05, 3.63) is 24.7 Å². The fourth-order valence-corrected chi connectivity index (χ4v) is 1.26. The van der Waals surface area contributed by atoms with E-state index < -0.39 is 0 Å². The number of anilines is 1. The normalized spacial score (nSPS) is 10.5. The van der Waals surface area contributed by atoms with Gasteiger partial charge in [0.05, 0.1) is 24.8 Å². The molecular formula is C10H13N3O2. The van der Waals surface area contributed by atoms with Crippen molar-refractivity contribution in [2.45, 2.75) is 0 Å². The molecule has 0 unspecified atom stereocenters. The van der Waals surface area contributed by atoms with Crippen molar-refractivity contribution >= 4 is 5.82 Å². The summed E-state index contributed by atoms with van der Waals surface area (Å²) in [7, 11) is 1.67. The van der Waals surface area contributed by atoms with Crippen LogP contribution in [0.4, 0.5) is 5.82 Å². The second-order valence-corrected chi connectivity index (χ2v) is 3.10. The molecule has 0 aliphatic carbocycles. The van der Waals surface area contributed by atoms with Crippen LogP contribution in [0, 0.1) is 0 Å². The lowest BCUT2D eigenvalue weighted by atomic mass is 10.2. The van der Waals surface area contributed by atoms with Gasteiger partial charge >= 0.3 is 0 Å². The number of nitrogens with zero attached hydrogens (tertiary/aromatic N) is 1. The molecule has 0 radical (unpaired) electrons. The number of nitrogens with one attached hydrogen (secondary N) is 2. The topological polar surface area (TPSA) is 63.1 Å². The third kappa shape index (κ3) is 2.38. The number of H-pyrrole nitrogens is 1. The number of furan rings is 1. The first kappa shape index (κ1) is 9.79. The van der Waals surface area contributed by atoms with Crippen LogP contribution < -0.4 is 5.32 Å². The lowest BCUT2D eigenvalue weighted by molar-refractivity contribution is 0.210. The van der Waals surface area contributed by atoms with E-state index in [-0.39, 0.29) is 0 Å². The van der Waals surface area contributed by atoms with Gasteiger partial charge in [0.2, 0.25) is 0 Å². The Morgan fingerprint density at radius 3 is 3.27 bits per heavy atom. The fourth-order valence-electron chi connectivity index (χ4n) is 1.26. The summed E-state index contributed by atoms with van der Waals surface area (Å²) in [6.07, 6.45) is 3.31. The summed E-state index contributed by atoms with van der Waals surface area (Å²) in [5.74, 6) is 0.809. The molecule has 2 heterocycles. The van der Waals surface area contributed by atoms with Gasteiger partial charge in [0, 0.05) is 25.3 Å². The van der Waals surface area contributed by atoms with E-state index in [1.165, 1.54) is 0 Å². The lowest BCUT2D eigenvalue weighted by Gasteiger charge is -1.99. The molecule has 0 fully saturated rings. The summed E-state index contributed by atoms with van der Waals surface area (Å²) in [6.45, 7) is 1.40. The van der Waals surface area contributed by atoms with E-state index in [1.54, 1.807) is 19.6 Å². The highest BCUT2D eigenvalue weighted by Gasteiger charge is 2.03. The number of hydrogen-bond acceptors (Lipinski definition) is 4. The van der Waals surface area contributed by atoms with Crippen molar-refractivity contribution < 1.29 is 9.15 Å². The average molecular weight is 207 g/mol. The zero-order chi connectivity index (χ0) is 10.5. The molecule has 0 saturated carbocycles. The molecule has 0 saturated heterocycles. The molecule has 5 heteroatoms. The molecule has 15 heavy (non-hydrogen) atoms. The van der Waals surface area contributed by atoms with Gasteiger partial charge in [0.1, 0.15) is 5.82 Å². The molecule has 0 bridgehead atoms. The molecule has 0 spiro atoms. The average Bonchev–Trinajstić information content (AvgIpc) is 2.87. The highest BCUT2D eigenvalue weighted by molar-refractivity contribution is 5.61. The van der Waals surface area contributed by atoms with Gasteiger partial charge in [-0.2, -0.15) is 5.10 Å². The molecule has 2 rings (SSSR count). The quantitative estimate of drug-likeness (QED) is 0.733. The Labute approximate surface area is 87.4 Å². The van der Waals surface area contributed by atoms with Crippen molar-refractivity contribution in [1.82, 2.24) is 10.2 Å². The minimum Gasteiger partial charge on any atom is -0.472 e. The maximum Gasteiger partial charge on any atom is 0.148 e. The monoisotopic (exact) mass is 207 g/mol. The number of ether oxygens (including phenoxy) is 1. The molecule has 5 nitrogen and oxygen atoms in total. The van der Waals surface area contributed by atoms with Crippen LogP contribution in [-0.2, 0) is 4.74 Å². The zero-order valence-corrected chi connectivity index (χ0v) is 8.49. The van der Waals surface area contributed by atoms with Crippen molar-refractivity contribution in [2.24, 2.45) is 0 Å². The summed E-state index contributed by atoms with van der Waals surface area (Å²) in [6, 6.07) is 3.81. The molecule has 0 aliphatic rings. The molecule has 2 aromatic rings. The Kier molecular flexibility index (Phi) is 3.04. The molecule has 2 N–H and O–H groups in total. The first-order valence-corrected chi connectivity index (χ1v) is 4.71. The number of rotatable bonds is 5. The lowest BCUT2D eigenvalue weighted by Crippen LogP contribution is -2.07. The van der Waals surface area contributed by atoms with Crippen molar-refractivity contribution in [3.8, 4) is 11.3 Å². The van der Waals surface area contributed by atoms with Gasteiger partial charge in [-0.1, -0.05) is 0 Å². The van der Waals surface area contributed by atoms with Gasteiger partial charge < -0.3 is 14.5 Å². The second kappa shape index (κ2) is 4.65. The third-order valence-electron chi connectivity index (χ3n) is 2.02. The number of aromatic amines is 1. The van der Waals surface area contributed by atoms with Gasteiger partial charge in [-0.15, -0.1) is 0 Å². The summed E-state index contributed by atoms with van der Waals surface area (Å²) in [4.78, 5) is 0. The van der Waals surface area contributed by atoms with Crippen LogP contribution in [-0.4, -0.2) is 30.5 Å². The van der Waals surface area contributed by atoms with Gasteiger partial charge in [0.15, 0.2) is 0 Å². The molecule has 80 valence electrons. The van der Waals surface area contributed by atoms with Gasteiger partial charge in [0.25, 0.3) is 0 Å². The van der Waals surface area contributed by atoms with Crippen molar-refractivity contribution in [1.29, 1.82) is 0 Å². The molecule has 0 aliphatic heterocycles. The van der Waals surface area contributed by atoms with E-state index in [1.807, 2.05) is 12.1 Å². The predicted molar refractivity (Wildman–Crippen MR) is 56.7 cm³/mol. The van der Waals surface area contributed by atoms with Gasteiger partial charge in [-0.25, -0.2) is 0 Å². The van der Waals surface area contributed by atoms with E-state index in [9.17, 15) is 0 Å². The molecular weight excluding hydrogens is 194 g/mol. The first-order valence-electron chi connectivity index (χ1n) is 4.71. The molecule has 0 amide bonds. The third-order valence-corrected chi connectivity index (χ3v) is 2.02. The zero-order valence-electron chi connectivity index (χ0n) is 8.49. The largest absolute Gasteiger partial charge is 0.472 e. The fraction of sp³-hybridized carbons (Fsp3) is 0.300. The van der Waals surface area contributed by atoms with E-state index in [0.717, 1.165) is 23.6 Å². The van der Waals surface area contributed by atoms with Crippen LogP contribution in [0.25, 0.3) is 11.3 Å². The van der Waals surface area contributed by atoms with Gasteiger partial charge in [-0.3, -0.25) is 5.10 Å². The first-order chi connectivity index (χ1) is 7.40. The Morgan fingerprint density at radius 2 is 2.53 bits per heavy atom. The van der Waals surface area contributed by atoms with E-state index in [2.05, 4.69) is 15.5 Å². The SMILES string of the molecule is COCCNc1cc(-c2ccoc2)[nH]n1. The second-order valence-electron chi connectivity index (χ2n) is 3.10. The molecule has 0 atom stereocenters. The van der Waals surface area contributed by atoms with Crippen LogP contribution in [0.15, 0.2) is 29.1 Å². The Morgan fingerprint density at radius 1 is 1.60 bits per heavy atom.